The van der Waals surface area contributed by atoms with Crippen molar-refractivity contribution in [1.29, 1.82) is 0 Å². The highest BCUT2D eigenvalue weighted by Crippen LogP contribution is 2.31. The van der Waals surface area contributed by atoms with E-state index in [1.54, 1.807) is 13.0 Å². The fraction of sp³-hybridized carbons (Fsp3) is 0.389. The number of rotatable bonds is 7. The zero-order valence-electron chi connectivity index (χ0n) is 14.0. The average Bonchev–Trinajstić information content (AvgIpc) is 2.54. The van der Waals surface area contributed by atoms with E-state index in [2.05, 4.69) is 0 Å². The summed E-state index contributed by atoms with van der Waals surface area (Å²) >= 11 is 1.22. The monoisotopic (exact) mass is 348 g/mol. The Balaban J connectivity index is 2.64. The number of benzene rings is 1. The number of carbonyl (C=O) groups is 2. The van der Waals surface area contributed by atoms with Crippen molar-refractivity contribution in [3.05, 3.63) is 38.9 Å². The molecule has 0 spiro atoms. The van der Waals surface area contributed by atoms with Crippen molar-refractivity contribution >= 4 is 33.2 Å². The van der Waals surface area contributed by atoms with Gasteiger partial charge in [-0.2, -0.15) is 0 Å². The van der Waals surface area contributed by atoms with Crippen LogP contribution < -0.4 is 10.2 Å². The van der Waals surface area contributed by atoms with E-state index in [4.69, 9.17) is 9.47 Å². The molecule has 1 aromatic heterocycles. The molecule has 1 heterocycles. The molecule has 0 atom stereocenters. The maximum Gasteiger partial charge on any atom is 0.348 e. The van der Waals surface area contributed by atoms with Crippen molar-refractivity contribution in [3.8, 4) is 5.75 Å². The largest absolute Gasteiger partial charge is 0.485 e. The van der Waals surface area contributed by atoms with Gasteiger partial charge in [-0.3, -0.25) is 9.59 Å². The highest BCUT2D eigenvalue weighted by atomic mass is 32.1. The molecule has 1 aromatic carbocycles. The van der Waals surface area contributed by atoms with Crippen molar-refractivity contribution in [1.82, 2.24) is 0 Å². The van der Waals surface area contributed by atoms with Gasteiger partial charge >= 0.3 is 5.97 Å². The van der Waals surface area contributed by atoms with Crippen LogP contribution in [0.1, 0.15) is 42.4 Å². The number of ketones is 1. The summed E-state index contributed by atoms with van der Waals surface area (Å²) in [6, 6.07) is 4.88. The van der Waals surface area contributed by atoms with Crippen LogP contribution in [0.15, 0.2) is 23.0 Å². The van der Waals surface area contributed by atoms with Crippen LogP contribution in [0.25, 0.3) is 10.1 Å². The molecule has 128 valence electrons. The number of aryl methyl sites for hydroxylation is 1. The van der Waals surface area contributed by atoms with Gasteiger partial charge < -0.3 is 9.47 Å². The minimum atomic E-state index is -0.501. The summed E-state index contributed by atoms with van der Waals surface area (Å²) in [4.78, 5) is 36.0. The average molecular weight is 348 g/mol. The maximum atomic E-state index is 12.6. The standard InChI is InChI=1S/C18H20O5S/c1-4-6-12-7-8-14(23-10-11(3)19)16-13(20)9-15(24-17(12)16)18(21)22-5-2/h7-9H,4-6,10H2,1-3H3. The molecule has 0 aliphatic rings. The minimum absolute atomic E-state index is 0.0913. The molecule has 0 saturated heterocycles. The van der Waals surface area contributed by atoms with Crippen LogP contribution in [0.5, 0.6) is 5.75 Å². The molecule has 24 heavy (non-hydrogen) atoms. The summed E-state index contributed by atoms with van der Waals surface area (Å²) in [5, 5.41) is 0.417. The number of carbonyl (C=O) groups excluding carboxylic acids is 2. The lowest BCUT2D eigenvalue weighted by atomic mass is 10.1. The van der Waals surface area contributed by atoms with E-state index in [1.165, 1.54) is 24.3 Å². The second kappa shape index (κ2) is 8.06. The van der Waals surface area contributed by atoms with Crippen LogP contribution in [-0.2, 0) is 16.0 Å². The summed E-state index contributed by atoms with van der Waals surface area (Å²) in [6.07, 6.45) is 1.69. The lowest BCUT2D eigenvalue weighted by Crippen LogP contribution is -2.12. The summed E-state index contributed by atoms with van der Waals surface area (Å²) in [7, 11) is 0. The number of hydrogen-bond donors (Lipinski definition) is 0. The lowest BCUT2D eigenvalue weighted by molar-refractivity contribution is -0.118. The first-order chi connectivity index (χ1) is 11.5. The van der Waals surface area contributed by atoms with E-state index in [-0.39, 0.29) is 29.3 Å². The van der Waals surface area contributed by atoms with Gasteiger partial charge in [-0.1, -0.05) is 19.4 Å². The van der Waals surface area contributed by atoms with Gasteiger partial charge in [-0.05, 0) is 31.9 Å². The van der Waals surface area contributed by atoms with Gasteiger partial charge in [0.2, 0.25) is 0 Å². The highest BCUT2D eigenvalue weighted by molar-refractivity contribution is 7.20. The molecule has 0 fully saturated rings. The van der Waals surface area contributed by atoms with Crippen molar-refractivity contribution < 1.29 is 19.1 Å². The Morgan fingerprint density at radius 1 is 1.21 bits per heavy atom. The Bertz CT molecular complexity index is 822. The summed E-state index contributed by atoms with van der Waals surface area (Å²) in [5.41, 5.74) is 0.680. The van der Waals surface area contributed by atoms with Crippen LogP contribution in [0.4, 0.5) is 0 Å². The lowest BCUT2D eigenvalue weighted by Gasteiger charge is -2.11. The van der Waals surface area contributed by atoms with E-state index in [1.807, 2.05) is 13.0 Å². The molecule has 0 bridgehead atoms. The summed E-state index contributed by atoms with van der Waals surface area (Å²) in [6.45, 7) is 5.35. The van der Waals surface area contributed by atoms with Crippen LogP contribution in [0.3, 0.4) is 0 Å². The Morgan fingerprint density at radius 3 is 2.58 bits per heavy atom. The van der Waals surface area contributed by atoms with Crippen LogP contribution >= 0.6 is 11.3 Å². The zero-order valence-corrected chi connectivity index (χ0v) is 14.8. The van der Waals surface area contributed by atoms with Crippen molar-refractivity contribution in [2.45, 2.75) is 33.6 Å². The van der Waals surface area contributed by atoms with Gasteiger partial charge in [0.25, 0.3) is 0 Å². The molecule has 0 aliphatic heterocycles. The molecular formula is C18H20O5S. The molecule has 0 saturated carbocycles. The normalized spacial score (nSPS) is 10.6. The van der Waals surface area contributed by atoms with E-state index >= 15 is 0 Å². The third kappa shape index (κ3) is 4.00. The van der Waals surface area contributed by atoms with Crippen molar-refractivity contribution in [2.75, 3.05) is 13.2 Å². The fourth-order valence-electron chi connectivity index (χ4n) is 2.36. The molecule has 0 unspecified atom stereocenters. The quantitative estimate of drug-likeness (QED) is 0.718. The van der Waals surface area contributed by atoms with Crippen LogP contribution in [0, 0.1) is 0 Å². The first kappa shape index (κ1) is 18.1. The van der Waals surface area contributed by atoms with Gasteiger partial charge in [-0.25, -0.2) is 4.79 Å². The molecule has 0 N–H and O–H groups in total. The maximum absolute atomic E-state index is 12.6. The van der Waals surface area contributed by atoms with E-state index in [0.717, 1.165) is 18.4 Å². The molecule has 0 radical (unpaired) electrons. The highest BCUT2D eigenvalue weighted by Gasteiger charge is 2.17. The molecule has 6 heteroatoms. The smallest absolute Gasteiger partial charge is 0.348 e. The Labute approximate surface area is 144 Å². The third-order valence-corrected chi connectivity index (χ3v) is 4.52. The minimum Gasteiger partial charge on any atom is -0.485 e. The number of Topliss-reactive ketones (excluding diaryl/α,β-unsaturated/α-hetero) is 1. The van der Waals surface area contributed by atoms with Gasteiger partial charge in [-0.15, -0.1) is 11.3 Å². The van der Waals surface area contributed by atoms with Gasteiger partial charge in [0.05, 0.1) is 12.0 Å². The molecule has 5 nitrogen and oxygen atoms in total. The Kier molecular flexibility index (Phi) is 6.09. The van der Waals surface area contributed by atoms with Gasteiger partial charge in [0.15, 0.2) is 11.2 Å². The van der Waals surface area contributed by atoms with E-state index in [0.29, 0.717) is 15.8 Å². The Hall–Kier alpha value is -2.21. The van der Waals surface area contributed by atoms with E-state index in [9.17, 15) is 14.4 Å². The topological polar surface area (TPSA) is 69.7 Å². The number of hydrogen-bond acceptors (Lipinski definition) is 6. The third-order valence-electron chi connectivity index (χ3n) is 3.35. The van der Waals surface area contributed by atoms with Crippen LogP contribution in [0.2, 0.25) is 0 Å². The fourth-order valence-corrected chi connectivity index (χ4v) is 3.49. The zero-order chi connectivity index (χ0) is 17.7. The van der Waals surface area contributed by atoms with Gasteiger partial charge in [0.1, 0.15) is 17.2 Å². The second-order valence-corrected chi connectivity index (χ2v) is 6.42. The predicted molar refractivity (Wildman–Crippen MR) is 94.2 cm³/mol. The molecular weight excluding hydrogens is 328 g/mol. The first-order valence-corrected chi connectivity index (χ1v) is 8.68. The van der Waals surface area contributed by atoms with Crippen LogP contribution in [-0.4, -0.2) is 25.0 Å². The van der Waals surface area contributed by atoms with E-state index < -0.39 is 5.97 Å². The Morgan fingerprint density at radius 2 is 1.96 bits per heavy atom. The second-order valence-electron chi connectivity index (χ2n) is 5.36. The molecule has 2 aromatic rings. The summed E-state index contributed by atoms with van der Waals surface area (Å²) in [5.74, 6) is -0.254. The van der Waals surface area contributed by atoms with Gasteiger partial charge in [0, 0.05) is 10.8 Å². The molecule has 0 amide bonds. The summed E-state index contributed by atoms with van der Waals surface area (Å²) < 4.78 is 11.2. The number of esters is 1. The number of ether oxygens (including phenoxy) is 2. The van der Waals surface area contributed by atoms with Crippen molar-refractivity contribution in [3.63, 3.8) is 0 Å². The van der Waals surface area contributed by atoms with Crippen molar-refractivity contribution in [2.24, 2.45) is 0 Å². The first-order valence-electron chi connectivity index (χ1n) is 7.87. The molecule has 2 rings (SSSR count). The SMILES string of the molecule is CCCc1ccc(OCC(C)=O)c2c(=O)cc(C(=O)OCC)sc12. The number of fused-ring (bicyclic) bond motifs is 1. The molecule has 0 aliphatic carbocycles. The predicted octanol–water partition coefficient (Wildman–Crippen LogP) is 3.36.